The molecular weight excluding hydrogens is 277 g/mol. The number of hydrogen-bond donors (Lipinski definition) is 1. The number of carbonyl (C=O) groups excluding carboxylic acids is 1. The van der Waals surface area contributed by atoms with Gasteiger partial charge in [0.05, 0.1) is 5.41 Å². The summed E-state index contributed by atoms with van der Waals surface area (Å²) in [5, 5.41) is 9.07. The van der Waals surface area contributed by atoms with Crippen LogP contribution in [0.25, 0.3) is 0 Å². The quantitative estimate of drug-likeness (QED) is 0.868. The van der Waals surface area contributed by atoms with Crippen molar-refractivity contribution in [3.8, 4) is 0 Å². The Kier molecular flexibility index (Phi) is 4.88. The highest BCUT2D eigenvalue weighted by Crippen LogP contribution is 2.31. The average molecular weight is 296 g/mol. The summed E-state index contributed by atoms with van der Waals surface area (Å²) in [5.41, 5.74) is -0.905. The molecule has 0 unspecified atom stereocenters. The van der Waals surface area contributed by atoms with Crippen molar-refractivity contribution in [2.24, 2.45) is 5.41 Å². The molecule has 0 aromatic carbocycles. The number of amides is 2. The van der Waals surface area contributed by atoms with Gasteiger partial charge in [-0.3, -0.25) is 4.79 Å². The lowest BCUT2D eigenvalue weighted by atomic mass is 9.80. The third kappa shape index (κ3) is 4.01. The Hall–Kier alpha value is -1.47. The Labute approximate surface area is 115 Å². The number of carbonyl (C=O) groups is 2. The van der Waals surface area contributed by atoms with Crippen LogP contribution in [0.2, 0.25) is 0 Å². The van der Waals surface area contributed by atoms with Gasteiger partial charge in [0.1, 0.15) is 6.54 Å². The Morgan fingerprint density at radius 1 is 1.30 bits per heavy atom. The van der Waals surface area contributed by atoms with Crippen LogP contribution in [0.15, 0.2) is 0 Å². The van der Waals surface area contributed by atoms with Crippen molar-refractivity contribution in [1.29, 1.82) is 0 Å². The molecule has 0 aliphatic carbocycles. The van der Waals surface area contributed by atoms with E-state index >= 15 is 0 Å². The molecule has 0 spiro atoms. The lowest BCUT2D eigenvalue weighted by Crippen LogP contribution is -2.51. The van der Waals surface area contributed by atoms with Crippen LogP contribution in [0.4, 0.5) is 18.0 Å². The number of carboxylic acid groups (broad SMARTS) is 1. The number of halogens is 3. The lowest BCUT2D eigenvalue weighted by molar-refractivity contribution is -0.150. The summed E-state index contributed by atoms with van der Waals surface area (Å²) in [4.78, 5) is 25.1. The zero-order valence-electron chi connectivity index (χ0n) is 11.5. The molecule has 5 nitrogen and oxygen atoms in total. The molecule has 1 saturated heterocycles. The molecule has 1 aliphatic rings. The molecule has 8 heteroatoms. The van der Waals surface area contributed by atoms with E-state index in [1.54, 1.807) is 6.92 Å². The van der Waals surface area contributed by atoms with Crippen LogP contribution in [0, 0.1) is 5.41 Å². The van der Waals surface area contributed by atoms with Gasteiger partial charge in [0.15, 0.2) is 0 Å². The molecule has 1 N–H and O–H groups in total. The first-order valence-corrected chi connectivity index (χ1v) is 6.43. The van der Waals surface area contributed by atoms with E-state index in [1.165, 1.54) is 11.8 Å². The van der Waals surface area contributed by atoms with Crippen molar-refractivity contribution in [3.63, 3.8) is 0 Å². The van der Waals surface area contributed by atoms with E-state index < -0.39 is 30.1 Å². The van der Waals surface area contributed by atoms with Gasteiger partial charge in [-0.1, -0.05) is 0 Å². The molecule has 116 valence electrons. The van der Waals surface area contributed by atoms with Crippen LogP contribution in [-0.4, -0.2) is 59.3 Å². The van der Waals surface area contributed by atoms with Crippen LogP contribution < -0.4 is 0 Å². The van der Waals surface area contributed by atoms with E-state index in [0.29, 0.717) is 0 Å². The van der Waals surface area contributed by atoms with E-state index in [1.807, 2.05) is 0 Å². The van der Waals surface area contributed by atoms with Crippen LogP contribution in [0.5, 0.6) is 0 Å². The number of urea groups is 1. The third-order valence-electron chi connectivity index (χ3n) is 3.68. The fourth-order valence-electron chi connectivity index (χ4n) is 2.14. The van der Waals surface area contributed by atoms with Gasteiger partial charge in [0, 0.05) is 19.6 Å². The average Bonchev–Trinajstić information content (AvgIpc) is 2.35. The Morgan fingerprint density at radius 3 is 2.15 bits per heavy atom. The summed E-state index contributed by atoms with van der Waals surface area (Å²) in [5.74, 6) is -0.938. The molecule has 1 fully saturated rings. The molecule has 0 aromatic rings. The van der Waals surface area contributed by atoms with Crippen LogP contribution in [0.1, 0.15) is 26.7 Å². The first-order chi connectivity index (χ1) is 9.09. The number of piperidine rings is 1. The number of likely N-dealkylation sites (tertiary alicyclic amines) is 1. The fraction of sp³-hybridized carbons (Fsp3) is 0.833. The molecule has 20 heavy (non-hydrogen) atoms. The monoisotopic (exact) mass is 296 g/mol. The highest BCUT2D eigenvalue weighted by molar-refractivity contribution is 5.77. The smallest absolute Gasteiger partial charge is 0.406 e. The largest absolute Gasteiger partial charge is 0.481 e. The molecule has 1 rings (SSSR count). The standard InChI is InChI=1S/C12H19F3N2O3/c1-3-16(8-12(13,14)15)10(20)17-6-4-11(2,5-7-17)9(18)19/h3-8H2,1-2H3,(H,18,19). The van der Waals surface area contributed by atoms with E-state index in [-0.39, 0.29) is 32.5 Å². The molecule has 0 radical (unpaired) electrons. The van der Waals surface area contributed by atoms with Gasteiger partial charge in [-0.05, 0) is 26.7 Å². The molecule has 0 saturated carbocycles. The van der Waals surface area contributed by atoms with Crippen molar-refractivity contribution in [3.05, 3.63) is 0 Å². The second-order valence-corrected chi connectivity index (χ2v) is 5.26. The minimum Gasteiger partial charge on any atom is -0.481 e. The molecule has 2 amide bonds. The second-order valence-electron chi connectivity index (χ2n) is 5.26. The van der Waals surface area contributed by atoms with Gasteiger partial charge in [0.25, 0.3) is 0 Å². The zero-order chi connectivity index (χ0) is 15.6. The van der Waals surface area contributed by atoms with Gasteiger partial charge in [-0.15, -0.1) is 0 Å². The van der Waals surface area contributed by atoms with Crippen molar-refractivity contribution < 1.29 is 27.9 Å². The van der Waals surface area contributed by atoms with Crippen LogP contribution in [-0.2, 0) is 4.79 Å². The maximum atomic E-state index is 12.4. The summed E-state index contributed by atoms with van der Waals surface area (Å²) in [6.45, 7) is 2.07. The highest BCUT2D eigenvalue weighted by atomic mass is 19.4. The van der Waals surface area contributed by atoms with Gasteiger partial charge in [-0.25, -0.2) is 4.79 Å². The van der Waals surface area contributed by atoms with Gasteiger partial charge >= 0.3 is 18.2 Å². The number of aliphatic carboxylic acids is 1. The summed E-state index contributed by atoms with van der Waals surface area (Å²) in [6, 6.07) is -0.683. The number of hydrogen-bond acceptors (Lipinski definition) is 2. The molecule has 0 atom stereocenters. The normalized spacial score (nSPS) is 18.8. The number of alkyl halides is 3. The summed E-state index contributed by atoms with van der Waals surface area (Å²) >= 11 is 0. The topological polar surface area (TPSA) is 60.9 Å². The summed E-state index contributed by atoms with van der Waals surface area (Å²) in [7, 11) is 0. The minimum absolute atomic E-state index is 0.0367. The molecule has 1 heterocycles. The van der Waals surface area contributed by atoms with Crippen molar-refractivity contribution in [1.82, 2.24) is 9.80 Å². The van der Waals surface area contributed by atoms with Crippen molar-refractivity contribution in [2.75, 3.05) is 26.2 Å². The third-order valence-corrected chi connectivity index (χ3v) is 3.68. The molecule has 0 bridgehead atoms. The van der Waals surface area contributed by atoms with Crippen molar-refractivity contribution in [2.45, 2.75) is 32.9 Å². The predicted octanol–water partition coefficient (Wildman–Crippen LogP) is 2.18. The SMILES string of the molecule is CCN(CC(F)(F)F)C(=O)N1CCC(C)(C(=O)O)CC1. The molecular formula is C12H19F3N2O3. The van der Waals surface area contributed by atoms with E-state index in [4.69, 9.17) is 5.11 Å². The van der Waals surface area contributed by atoms with E-state index in [0.717, 1.165) is 4.90 Å². The molecule has 0 aromatic heterocycles. The number of rotatable bonds is 3. The number of carboxylic acids is 1. The first-order valence-electron chi connectivity index (χ1n) is 6.43. The highest BCUT2D eigenvalue weighted by Gasteiger charge is 2.40. The fourth-order valence-corrected chi connectivity index (χ4v) is 2.14. The summed E-state index contributed by atoms with van der Waals surface area (Å²) < 4.78 is 37.1. The maximum Gasteiger partial charge on any atom is 0.406 e. The minimum atomic E-state index is -4.43. The predicted molar refractivity (Wildman–Crippen MR) is 65.2 cm³/mol. The van der Waals surface area contributed by atoms with E-state index in [2.05, 4.69) is 0 Å². The Morgan fingerprint density at radius 2 is 1.80 bits per heavy atom. The molecule has 1 aliphatic heterocycles. The van der Waals surface area contributed by atoms with Crippen LogP contribution >= 0.6 is 0 Å². The zero-order valence-corrected chi connectivity index (χ0v) is 11.5. The number of nitrogens with zero attached hydrogens (tertiary/aromatic N) is 2. The van der Waals surface area contributed by atoms with E-state index in [9.17, 15) is 22.8 Å². The summed E-state index contributed by atoms with van der Waals surface area (Å²) in [6.07, 6.45) is -3.94. The van der Waals surface area contributed by atoms with Gasteiger partial charge in [-0.2, -0.15) is 13.2 Å². The second kappa shape index (κ2) is 5.88. The first kappa shape index (κ1) is 16.6. The van der Waals surface area contributed by atoms with Crippen LogP contribution in [0.3, 0.4) is 0 Å². The Balaban J connectivity index is 2.64. The Bertz CT molecular complexity index is 377. The van der Waals surface area contributed by atoms with Gasteiger partial charge in [0.2, 0.25) is 0 Å². The van der Waals surface area contributed by atoms with Gasteiger partial charge < -0.3 is 14.9 Å². The van der Waals surface area contributed by atoms with Crippen molar-refractivity contribution >= 4 is 12.0 Å². The maximum absolute atomic E-state index is 12.4. The lowest BCUT2D eigenvalue weighted by Gasteiger charge is -2.38.